The molecule has 0 spiro atoms. The van der Waals surface area contributed by atoms with Crippen LogP contribution in [0.1, 0.15) is 52.1 Å². The number of allylic oxidation sites excluding steroid dienone is 4. The first-order chi connectivity index (χ1) is 17.4. The third kappa shape index (κ3) is 4.11. The Morgan fingerprint density at radius 3 is 1.74 bits per heavy atom. The van der Waals surface area contributed by atoms with Crippen LogP contribution in [0.3, 0.4) is 0 Å². The van der Waals surface area contributed by atoms with Crippen molar-refractivity contribution in [3.8, 4) is 11.1 Å². The van der Waals surface area contributed by atoms with Crippen LogP contribution in [0.2, 0.25) is 0 Å². The summed E-state index contributed by atoms with van der Waals surface area (Å²) < 4.78 is 3.91. The molecule has 4 aromatic carbocycles. The Kier molecular flexibility index (Phi) is 6.45. The van der Waals surface area contributed by atoms with Crippen molar-refractivity contribution >= 4 is 3.21 Å². The Bertz CT molecular complexity index is 1370. The summed E-state index contributed by atoms with van der Waals surface area (Å²) in [5, 5.41) is 0. The summed E-state index contributed by atoms with van der Waals surface area (Å²) in [5.74, 6) is 0. The fourth-order valence-corrected chi connectivity index (χ4v) is 15.6. The van der Waals surface area contributed by atoms with Crippen molar-refractivity contribution in [2.75, 3.05) is 0 Å². The Hall–Kier alpha value is -2.89. The number of rotatable bonds is 6. The molecular weight excluding hydrogens is 500 g/mol. The molecule has 0 nitrogen and oxygen atoms in total. The maximum atomic E-state index is 2.44. The number of hydrogen-bond donors (Lipinski definition) is 0. The molecule has 0 fully saturated rings. The van der Waals surface area contributed by atoms with E-state index < -0.39 is 21.3 Å². The van der Waals surface area contributed by atoms with E-state index in [1.165, 1.54) is 35.1 Å². The fraction of sp³-hybridized carbons (Fsp3) is 0.147. The summed E-state index contributed by atoms with van der Waals surface area (Å²) in [6.45, 7) is 2.32. The molecule has 0 aromatic heterocycles. The van der Waals surface area contributed by atoms with Crippen molar-refractivity contribution in [3.63, 3.8) is 0 Å². The monoisotopic (exact) mass is 528 g/mol. The van der Waals surface area contributed by atoms with Gasteiger partial charge in [-0.1, -0.05) is 0 Å². The van der Waals surface area contributed by atoms with Gasteiger partial charge in [-0.25, -0.2) is 0 Å². The molecule has 2 aliphatic carbocycles. The Balaban J connectivity index is 1.74. The predicted molar refractivity (Wildman–Crippen MR) is 146 cm³/mol. The summed E-state index contributed by atoms with van der Waals surface area (Å²) in [6, 6.07) is 40.9. The summed E-state index contributed by atoms with van der Waals surface area (Å²) in [6.07, 6.45) is 8.38. The first-order valence-electron chi connectivity index (χ1n) is 12.8. The van der Waals surface area contributed by atoms with Gasteiger partial charge in [0, 0.05) is 0 Å². The van der Waals surface area contributed by atoms with Crippen molar-refractivity contribution < 1.29 is 21.3 Å². The molecule has 170 valence electrons. The third-order valence-electron chi connectivity index (χ3n) is 7.39. The molecule has 35 heavy (non-hydrogen) atoms. The van der Waals surface area contributed by atoms with Crippen LogP contribution in [0, 0.1) is 0 Å². The van der Waals surface area contributed by atoms with Gasteiger partial charge in [-0.3, -0.25) is 0 Å². The SMILES string of the molecule is CCCC1=[C]([Zr](=[C](c2ccccc2)c2ccccc2)[CH]2c3ccccc3-c3ccccc32)CC=C1. The average molecular weight is 530 g/mol. The van der Waals surface area contributed by atoms with E-state index >= 15 is 0 Å². The van der Waals surface area contributed by atoms with Crippen LogP contribution in [-0.2, 0) is 21.3 Å². The first kappa shape index (κ1) is 22.6. The molecule has 1 heteroatoms. The zero-order valence-electron chi connectivity index (χ0n) is 20.2. The van der Waals surface area contributed by atoms with E-state index in [9.17, 15) is 0 Å². The van der Waals surface area contributed by atoms with Crippen molar-refractivity contribution in [3.05, 3.63) is 152 Å². The van der Waals surface area contributed by atoms with Crippen molar-refractivity contribution in [2.24, 2.45) is 0 Å². The van der Waals surface area contributed by atoms with E-state index in [2.05, 4.69) is 128 Å². The van der Waals surface area contributed by atoms with Crippen LogP contribution < -0.4 is 0 Å². The minimum absolute atomic E-state index is 0.488. The molecule has 0 bridgehead atoms. The number of benzene rings is 4. The second-order valence-electron chi connectivity index (χ2n) is 9.49. The van der Waals surface area contributed by atoms with E-state index in [-0.39, 0.29) is 0 Å². The Morgan fingerprint density at radius 2 is 1.20 bits per heavy atom. The van der Waals surface area contributed by atoms with E-state index in [1.54, 1.807) is 23.2 Å². The molecule has 4 aromatic rings. The van der Waals surface area contributed by atoms with Crippen LogP contribution in [-0.4, -0.2) is 3.21 Å². The van der Waals surface area contributed by atoms with Gasteiger partial charge in [0.15, 0.2) is 0 Å². The van der Waals surface area contributed by atoms with Crippen LogP contribution in [0.15, 0.2) is 130 Å². The maximum absolute atomic E-state index is 2.57. The molecule has 0 saturated carbocycles. The molecule has 0 unspecified atom stereocenters. The third-order valence-corrected chi connectivity index (χ3v) is 16.0. The molecule has 0 aliphatic heterocycles. The summed E-state index contributed by atoms with van der Waals surface area (Å²) >= 11 is -2.57. The normalized spacial score (nSPS) is 14.2. The quantitative estimate of drug-likeness (QED) is 0.234. The molecule has 0 amide bonds. The molecule has 0 saturated heterocycles. The standard InChI is InChI=1S/C13H9.C13H10.C8H11.Zr/c1-3-7-12-10(5-1)9-11-6-2-4-8-13(11)12;1-3-7-12(8-4-1)11-13-9-5-2-6-10-13;1-2-5-8-6-3-4-7-8;/h1-9H;1-10H;3,6H,2,4-5H2,1H3;. The first-order valence-corrected chi connectivity index (χ1v) is 16.7. The van der Waals surface area contributed by atoms with E-state index in [1.807, 2.05) is 0 Å². The van der Waals surface area contributed by atoms with Gasteiger partial charge in [-0.15, -0.1) is 0 Å². The minimum atomic E-state index is -2.57. The van der Waals surface area contributed by atoms with Gasteiger partial charge in [0.1, 0.15) is 0 Å². The summed E-state index contributed by atoms with van der Waals surface area (Å²) in [4.78, 5) is 0. The zero-order valence-corrected chi connectivity index (χ0v) is 22.7. The summed E-state index contributed by atoms with van der Waals surface area (Å²) in [5.41, 5.74) is 10.4. The molecular formula is C34H30Zr. The van der Waals surface area contributed by atoms with Gasteiger partial charge in [0.25, 0.3) is 0 Å². The van der Waals surface area contributed by atoms with E-state index in [0.29, 0.717) is 3.63 Å². The zero-order chi connectivity index (χ0) is 23.6. The topological polar surface area (TPSA) is 0 Å². The van der Waals surface area contributed by atoms with Crippen LogP contribution >= 0.6 is 0 Å². The Morgan fingerprint density at radius 1 is 0.686 bits per heavy atom. The van der Waals surface area contributed by atoms with Gasteiger partial charge in [-0.05, 0) is 0 Å². The fourth-order valence-electron chi connectivity index (χ4n) is 5.96. The van der Waals surface area contributed by atoms with Crippen LogP contribution in [0.5, 0.6) is 0 Å². The van der Waals surface area contributed by atoms with Crippen LogP contribution in [0.4, 0.5) is 0 Å². The van der Waals surface area contributed by atoms with E-state index in [0.717, 1.165) is 6.42 Å². The molecule has 0 radical (unpaired) electrons. The average Bonchev–Trinajstić information content (AvgIpc) is 3.51. The number of fused-ring (bicyclic) bond motifs is 3. The van der Waals surface area contributed by atoms with Gasteiger partial charge in [0.05, 0.1) is 0 Å². The van der Waals surface area contributed by atoms with Crippen molar-refractivity contribution in [2.45, 2.75) is 29.8 Å². The molecule has 6 rings (SSSR count). The molecule has 0 N–H and O–H groups in total. The van der Waals surface area contributed by atoms with E-state index in [4.69, 9.17) is 0 Å². The summed E-state index contributed by atoms with van der Waals surface area (Å²) in [7, 11) is 0. The molecule has 0 heterocycles. The van der Waals surface area contributed by atoms with Gasteiger partial charge in [-0.2, -0.15) is 0 Å². The van der Waals surface area contributed by atoms with Gasteiger partial charge >= 0.3 is 218 Å². The van der Waals surface area contributed by atoms with Crippen molar-refractivity contribution in [1.29, 1.82) is 0 Å². The predicted octanol–water partition coefficient (Wildman–Crippen LogP) is 8.66. The van der Waals surface area contributed by atoms with Gasteiger partial charge in [0.2, 0.25) is 0 Å². The van der Waals surface area contributed by atoms with Gasteiger partial charge < -0.3 is 0 Å². The Labute approximate surface area is 216 Å². The molecule has 0 atom stereocenters. The second kappa shape index (κ2) is 10.0. The second-order valence-corrected chi connectivity index (χ2v) is 15.7. The van der Waals surface area contributed by atoms with Crippen LogP contribution in [0.25, 0.3) is 11.1 Å². The number of hydrogen-bond acceptors (Lipinski definition) is 0. The molecule has 2 aliphatic rings. The van der Waals surface area contributed by atoms with Crippen molar-refractivity contribution in [1.82, 2.24) is 0 Å².